The number of nitrogens with one attached hydrogen (secondary N) is 1. The molecule has 0 amide bonds. The lowest BCUT2D eigenvalue weighted by molar-refractivity contribution is 1.20. The van der Waals surface area contributed by atoms with E-state index in [1.54, 1.807) is 6.20 Å². The zero-order valence-corrected chi connectivity index (χ0v) is 6.74. The monoisotopic (exact) mass is 156 g/mol. The van der Waals surface area contributed by atoms with Crippen molar-refractivity contribution in [2.24, 2.45) is 0 Å². The number of anilines is 1. The van der Waals surface area contributed by atoms with Crippen molar-refractivity contribution in [1.82, 2.24) is 4.98 Å². The smallest absolute Gasteiger partial charge is 0.0639 e. The molecule has 10 heavy (non-hydrogen) atoms. The molecular weight excluding hydrogens is 148 g/mol. The molecule has 0 fully saturated rings. The Labute approximate surface area is 65.2 Å². The molecule has 1 N–H and O–H groups in total. The van der Waals surface area contributed by atoms with Gasteiger partial charge in [0.15, 0.2) is 0 Å². The summed E-state index contributed by atoms with van der Waals surface area (Å²) in [6, 6.07) is 1.85. The maximum Gasteiger partial charge on any atom is 0.0639 e. The highest BCUT2D eigenvalue weighted by Crippen LogP contribution is 2.16. The maximum absolute atomic E-state index is 5.79. The lowest BCUT2D eigenvalue weighted by atomic mass is 10.3. The third kappa shape index (κ3) is 1.39. The van der Waals surface area contributed by atoms with E-state index in [0.29, 0.717) is 5.02 Å². The van der Waals surface area contributed by atoms with E-state index in [9.17, 15) is 0 Å². The fraction of sp³-hybridized carbons (Fsp3) is 0.286. The van der Waals surface area contributed by atoms with Gasteiger partial charge in [-0.1, -0.05) is 11.6 Å². The van der Waals surface area contributed by atoms with Crippen LogP contribution in [0, 0.1) is 6.92 Å². The standard InChI is InChI=1S/C7H9ClN2/c1-5-7(8)3-6(9-2)4-10-5/h3-4,9H,1-2H3. The van der Waals surface area contributed by atoms with E-state index in [2.05, 4.69) is 10.3 Å². The zero-order valence-electron chi connectivity index (χ0n) is 5.98. The van der Waals surface area contributed by atoms with Crippen molar-refractivity contribution in [3.63, 3.8) is 0 Å². The molecule has 1 rings (SSSR count). The maximum atomic E-state index is 5.79. The fourth-order valence-corrected chi connectivity index (χ4v) is 0.809. The first-order chi connectivity index (χ1) is 4.74. The van der Waals surface area contributed by atoms with Crippen LogP contribution in [0.5, 0.6) is 0 Å². The van der Waals surface area contributed by atoms with Crippen LogP contribution in [-0.2, 0) is 0 Å². The molecular formula is C7H9ClN2. The largest absolute Gasteiger partial charge is 0.387 e. The summed E-state index contributed by atoms with van der Waals surface area (Å²) in [4.78, 5) is 4.06. The van der Waals surface area contributed by atoms with Crippen LogP contribution in [0.15, 0.2) is 12.3 Å². The van der Waals surface area contributed by atoms with Gasteiger partial charge >= 0.3 is 0 Å². The first-order valence-corrected chi connectivity index (χ1v) is 3.41. The number of aryl methyl sites for hydroxylation is 1. The van der Waals surface area contributed by atoms with E-state index < -0.39 is 0 Å². The van der Waals surface area contributed by atoms with Crippen molar-refractivity contribution in [2.45, 2.75) is 6.92 Å². The van der Waals surface area contributed by atoms with Crippen LogP contribution in [-0.4, -0.2) is 12.0 Å². The Morgan fingerprint density at radius 3 is 2.80 bits per heavy atom. The van der Waals surface area contributed by atoms with Crippen molar-refractivity contribution in [3.8, 4) is 0 Å². The second-order valence-corrected chi connectivity index (χ2v) is 2.45. The minimum absolute atomic E-state index is 0.701. The Bertz CT molecular complexity index is 235. The molecule has 1 heterocycles. The van der Waals surface area contributed by atoms with Gasteiger partial charge in [0.1, 0.15) is 0 Å². The predicted molar refractivity (Wildman–Crippen MR) is 43.5 cm³/mol. The molecule has 1 aromatic heterocycles. The van der Waals surface area contributed by atoms with Crippen LogP contribution in [0.3, 0.4) is 0 Å². The van der Waals surface area contributed by atoms with Gasteiger partial charge in [-0.2, -0.15) is 0 Å². The minimum atomic E-state index is 0.701. The van der Waals surface area contributed by atoms with Crippen molar-refractivity contribution in [1.29, 1.82) is 0 Å². The Morgan fingerprint density at radius 2 is 2.30 bits per heavy atom. The van der Waals surface area contributed by atoms with Gasteiger partial charge in [-0.15, -0.1) is 0 Å². The first-order valence-electron chi connectivity index (χ1n) is 3.04. The number of rotatable bonds is 1. The number of aromatic nitrogens is 1. The quantitative estimate of drug-likeness (QED) is 0.674. The van der Waals surface area contributed by atoms with Gasteiger partial charge in [-0.3, -0.25) is 4.98 Å². The van der Waals surface area contributed by atoms with Gasteiger partial charge in [0.25, 0.3) is 0 Å². The van der Waals surface area contributed by atoms with E-state index in [1.165, 1.54) is 0 Å². The predicted octanol–water partition coefficient (Wildman–Crippen LogP) is 2.09. The fourth-order valence-electron chi connectivity index (χ4n) is 0.643. The third-order valence-corrected chi connectivity index (χ3v) is 1.70. The number of hydrogen-bond acceptors (Lipinski definition) is 2. The van der Waals surface area contributed by atoms with Gasteiger partial charge in [0, 0.05) is 7.05 Å². The number of halogens is 1. The Hall–Kier alpha value is -0.760. The molecule has 0 aliphatic rings. The molecule has 0 bridgehead atoms. The lowest BCUT2D eigenvalue weighted by Gasteiger charge is -2.00. The minimum Gasteiger partial charge on any atom is -0.387 e. The summed E-state index contributed by atoms with van der Waals surface area (Å²) in [5, 5.41) is 3.65. The van der Waals surface area contributed by atoms with E-state index in [0.717, 1.165) is 11.4 Å². The molecule has 0 aliphatic carbocycles. The summed E-state index contributed by atoms with van der Waals surface area (Å²) in [5.74, 6) is 0. The van der Waals surface area contributed by atoms with Gasteiger partial charge < -0.3 is 5.32 Å². The van der Waals surface area contributed by atoms with E-state index in [-0.39, 0.29) is 0 Å². The molecule has 3 heteroatoms. The van der Waals surface area contributed by atoms with Crippen LogP contribution in [0.25, 0.3) is 0 Å². The van der Waals surface area contributed by atoms with Crippen LogP contribution in [0.1, 0.15) is 5.69 Å². The summed E-state index contributed by atoms with van der Waals surface area (Å²) < 4.78 is 0. The normalized spacial score (nSPS) is 9.50. The average molecular weight is 157 g/mol. The van der Waals surface area contributed by atoms with E-state index >= 15 is 0 Å². The highest BCUT2D eigenvalue weighted by molar-refractivity contribution is 6.31. The van der Waals surface area contributed by atoms with Crippen molar-refractivity contribution in [3.05, 3.63) is 23.0 Å². The molecule has 0 aromatic carbocycles. The molecule has 1 aromatic rings. The average Bonchev–Trinajstić information content (AvgIpc) is 1.95. The van der Waals surface area contributed by atoms with E-state index in [4.69, 9.17) is 11.6 Å². The van der Waals surface area contributed by atoms with Gasteiger partial charge in [0.2, 0.25) is 0 Å². The van der Waals surface area contributed by atoms with Gasteiger partial charge in [0.05, 0.1) is 22.6 Å². The van der Waals surface area contributed by atoms with Gasteiger partial charge in [-0.05, 0) is 13.0 Å². The van der Waals surface area contributed by atoms with Crippen LogP contribution >= 0.6 is 11.6 Å². The molecule has 0 aliphatic heterocycles. The summed E-state index contributed by atoms with van der Waals surface area (Å²) in [6.07, 6.45) is 1.75. The van der Waals surface area contributed by atoms with Crippen molar-refractivity contribution >= 4 is 17.3 Å². The molecule has 2 nitrogen and oxygen atoms in total. The second kappa shape index (κ2) is 2.88. The Balaban J connectivity index is 3.04. The van der Waals surface area contributed by atoms with Crippen molar-refractivity contribution in [2.75, 3.05) is 12.4 Å². The van der Waals surface area contributed by atoms with Crippen LogP contribution in [0.4, 0.5) is 5.69 Å². The number of hydrogen-bond donors (Lipinski definition) is 1. The Kier molecular flexibility index (Phi) is 2.12. The third-order valence-electron chi connectivity index (χ3n) is 1.31. The summed E-state index contributed by atoms with van der Waals surface area (Å²) in [7, 11) is 1.84. The molecule has 0 spiro atoms. The molecule has 0 saturated carbocycles. The molecule has 0 unspecified atom stereocenters. The number of pyridine rings is 1. The topological polar surface area (TPSA) is 24.9 Å². The SMILES string of the molecule is CNc1cnc(C)c(Cl)c1. The lowest BCUT2D eigenvalue weighted by Crippen LogP contribution is -1.90. The Morgan fingerprint density at radius 1 is 1.60 bits per heavy atom. The number of nitrogens with zero attached hydrogens (tertiary/aromatic N) is 1. The second-order valence-electron chi connectivity index (χ2n) is 2.04. The summed E-state index contributed by atoms with van der Waals surface area (Å²) in [6.45, 7) is 1.88. The molecule has 0 radical (unpaired) electrons. The van der Waals surface area contributed by atoms with Crippen molar-refractivity contribution < 1.29 is 0 Å². The van der Waals surface area contributed by atoms with Crippen LogP contribution < -0.4 is 5.32 Å². The molecule has 54 valence electrons. The highest BCUT2D eigenvalue weighted by atomic mass is 35.5. The van der Waals surface area contributed by atoms with Gasteiger partial charge in [-0.25, -0.2) is 0 Å². The van der Waals surface area contributed by atoms with E-state index in [1.807, 2.05) is 20.0 Å². The molecule has 0 saturated heterocycles. The molecule has 0 atom stereocenters. The summed E-state index contributed by atoms with van der Waals surface area (Å²) >= 11 is 5.79. The highest BCUT2D eigenvalue weighted by Gasteiger charge is 1.95. The first kappa shape index (κ1) is 7.35. The van der Waals surface area contributed by atoms with Crippen LogP contribution in [0.2, 0.25) is 5.02 Å². The zero-order chi connectivity index (χ0) is 7.56. The summed E-state index contributed by atoms with van der Waals surface area (Å²) in [5.41, 5.74) is 1.80.